The first-order chi connectivity index (χ1) is 8.20. The average molecular weight is 254 g/mol. The van der Waals surface area contributed by atoms with E-state index >= 15 is 0 Å². The maximum atomic E-state index is 12.0. The van der Waals surface area contributed by atoms with Gasteiger partial charge < -0.3 is 15.8 Å². The molecule has 2 atom stereocenters. The van der Waals surface area contributed by atoms with Gasteiger partial charge in [-0.15, -0.1) is 11.3 Å². The summed E-state index contributed by atoms with van der Waals surface area (Å²) < 4.78 is 5.06. The van der Waals surface area contributed by atoms with E-state index < -0.39 is 0 Å². The fourth-order valence-corrected chi connectivity index (χ4v) is 2.88. The third kappa shape index (κ3) is 2.98. The van der Waals surface area contributed by atoms with Crippen molar-refractivity contribution in [2.24, 2.45) is 5.73 Å². The van der Waals surface area contributed by atoms with Gasteiger partial charge >= 0.3 is 0 Å². The molecule has 1 amide bonds. The Kier molecular flexibility index (Phi) is 4.02. The molecule has 0 bridgehead atoms. The summed E-state index contributed by atoms with van der Waals surface area (Å²) in [6, 6.07) is 1.97. The second-order valence-electron chi connectivity index (χ2n) is 4.38. The highest BCUT2D eigenvalue weighted by Crippen LogP contribution is 2.22. The van der Waals surface area contributed by atoms with Gasteiger partial charge in [-0.2, -0.15) is 0 Å². The smallest absolute Gasteiger partial charge is 0.261 e. The van der Waals surface area contributed by atoms with Crippen LogP contribution in [0.3, 0.4) is 0 Å². The van der Waals surface area contributed by atoms with Crippen molar-refractivity contribution in [3.63, 3.8) is 0 Å². The van der Waals surface area contributed by atoms with Crippen molar-refractivity contribution in [2.75, 3.05) is 7.11 Å². The number of carbonyl (C=O) groups is 1. The summed E-state index contributed by atoms with van der Waals surface area (Å²) in [5.74, 6) is 0.689. The van der Waals surface area contributed by atoms with Crippen LogP contribution in [-0.4, -0.2) is 25.1 Å². The van der Waals surface area contributed by atoms with Crippen LogP contribution in [0.1, 0.15) is 35.4 Å². The topological polar surface area (TPSA) is 64.3 Å². The van der Waals surface area contributed by atoms with Crippen molar-refractivity contribution in [2.45, 2.75) is 37.8 Å². The largest absolute Gasteiger partial charge is 0.496 e. The number of nitrogens with two attached hydrogens (primary N) is 1. The van der Waals surface area contributed by atoms with Gasteiger partial charge in [-0.05, 0) is 12.8 Å². The van der Waals surface area contributed by atoms with Gasteiger partial charge in [-0.25, -0.2) is 0 Å². The summed E-state index contributed by atoms with van der Waals surface area (Å²) >= 11 is 1.39. The predicted molar refractivity (Wildman–Crippen MR) is 68.6 cm³/mol. The number of carbonyl (C=O) groups excluding carboxylic acids is 1. The number of rotatable bonds is 3. The van der Waals surface area contributed by atoms with E-state index in [4.69, 9.17) is 10.5 Å². The van der Waals surface area contributed by atoms with Crippen LogP contribution < -0.4 is 15.8 Å². The predicted octanol–water partition coefficient (Wildman–Crippen LogP) is 1.76. The molecule has 0 aromatic carbocycles. The molecule has 1 aromatic rings. The van der Waals surface area contributed by atoms with Gasteiger partial charge in [0, 0.05) is 23.5 Å². The quantitative estimate of drug-likeness (QED) is 0.864. The number of methoxy groups -OCH3 is 1. The third-order valence-corrected chi connectivity index (χ3v) is 4.08. The standard InChI is InChI=1S/C12H18N2O2S/c1-16-8-6-11(17-7-8)12(15)14-10-5-3-2-4-9(10)13/h6-7,9-10H,2-5,13H2,1H3,(H,14,15). The average Bonchev–Trinajstić information content (AvgIpc) is 2.81. The van der Waals surface area contributed by atoms with Crippen molar-refractivity contribution in [1.29, 1.82) is 0 Å². The zero-order valence-corrected chi connectivity index (χ0v) is 10.8. The van der Waals surface area contributed by atoms with Crippen LogP contribution in [0.2, 0.25) is 0 Å². The van der Waals surface area contributed by atoms with Crippen LogP contribution in [-0.2, 0) is 0 Å². The van der Waals surface area contributed by atoms with Crippen LogP contribution in [0.5, 0.6) is 5.75 Å². The molecule has 1 aromatic heterocycles. The molecule has 0 saturated heterocycles. The van der Waals surface area contributed by atoms with E-state index in [9.17, 15) is 4.79 Å². The van der Waals surface area contributed by atoms with Crippen LogP contribution >= 0.6 is 11.3 Å². The summed E-state index contributed by atoms with van der Waals surface area (Å²) in [6.45, 7) is 0. The molecule has 4 nitrogen and oxygen atoms in total. The minimum Gasteiger partial charge on any atom is -0.496 e. The number of nitrogens with one attached hydrogen (secondary N) is 1. The molecule has 2 rings (SSSR count). The molecule has 0 aliphatic heterocycles. The zero-order chi connectivity index (χ0) is 12.3. The molecular weight excluding hydrogens is 236 g/mol. The van der Waals surface area contributed by atoms with Crippen molar-refractivity contribution < 1.29 is 9.53 Å². The number of thiophene rings is 1. The van der Waals surface area contributed by atoms with Gasteiger partial charge in [0.05, 0.1) is 12.0 Å². The lowest BCUT2D eigenvalue weighted by molar-refractivity contribution is 0.0925. The first-order valence-corrected chi connectivity index (χ1v) is 6.77. The molecule has 5 heteroatoms. The first-order valence-electron chi connectivity index (χ1n) is 5.89. The Morgan fingerprint density at radius 2 is 2.29 bits per heavy atom. The Hall–Kier alpha value is -1.07. The van der Waals surface area contributed by atoms with E-state index in [1.54, 1.807) is 13.2 Å². The Morgan fingerprint density at radius 3 is 2.94 bits per heavy atom. The molecule has 94 valence electrons. The minimum absolute atomic E-state index is 0.0411. The molecule has 0 spiro atoms. The van der Waals surface area contributed by atoms with Gasteiger partial charge in [0.2, 0.25) is 0 Å². The van der Waals surface area contributed by atoms with Crippen molar-refractivity contribution in [3.8, 4) is 5.75 Å². The normalized spacial score (nSPS) is 24.4. The van der Waals surface area contributed by atoms with E-state index in [0.29, 0.717) is 4.88 Å². The van der Waals surface area contributed by atoms with Gasteiger partial charge in [0.1, 0.15) is 5.75 Å². The van der Waals surface area contributed by atoms with Crippen molar-refractivity contribution in [1.82, 2.24) is 5.32 Å². The van der Waals surface area contributed by atoms with Crippen molar-refractivity contribution >= 4 is 17.2 Å². The van der Waals surface area contributed by atoms with Crippen LogP contribution in [0, 0.1) is 0 Å². The molecule has 1 fully saturated rings. The molecular formula is C12H18N2O2S. The minimum atomic E-state index is -0.0411. The van der Waals surface area contributed by atoms with E-state index in [-0.39, 0.29) is 18.0 Å². The lowest BCUT2D eigenvalue weighted by Gasteiger charge is -2.29. The number of ether oxygens (including phenoxy) is 1. The van der Waals surface area contributed by atoms with Crippen LogP contribution in [0.15, 0.2) is 11.4 Å². The molecule has 1 heterocycles. The Labute approximate surface area is 105 Å². The Morgan fingerprint density at radius 1 is 1.53 bits per heavy atom. The van der Waals surface area contributed by atoms with Crippen LogP contribution in [0.4, 0.5) is 0 Å². The fraction of sp³-hybridized carbons (Fsp3) is 0.583. The van der Waals surface area contributed by atoms with Gasteiger partial charge in [-0.1, -0.05) is 12.8 Å². The highest BCUT2D eigenvalue weighted by molar-refractivity contribution is 7.12. The first kappa shape index (κ1) is 12.4. The van der Waals surface area contributed by atoms with E-state index in [0.717, 1.165) is 25.0 Å². The highest BCUT2D eigenvalue weighted by Gasteiger charge is 2.24. The van der Waals surface area contributed by atoms with Crippen LogP contribution in [0.25, 0.3) is 0 Å². The van der Waals surface area contributed by atoms with Gasteiger partial charge in [0.25, 0.3) is 5.91 Å². The second-order valence-corrected chi connectivity index (χ2v) is 5.29. The van der Waals surface area contributed by atoms with E-state index in [1.807, 2.05) is 5.38 Å². The molecule has 17 heavy (non-hydrogen) atoms. The monoisotopic (exact) mass is 254 g/mol. The fourth-order valence-electron chi connectivity index (χ4n) is 2.12. The summed E-state index contributed by atoms with van der Waals surface area (Å²) in [6.07, 6.45) is 4.29. The van der Waals surface area contributed by atoms with Gasteiger partial charge in [-0.3, -0.25) is 4.79 Å². The number of hydrogen-bond acceptors (Lipinski definition) is 4. The maximum absolute atomic E-state index is 12.0. The summed E-state index contributed by atoms with van der Waals surface area (Å²) in [5.41, 5.74) is 6.00. The van der Waals surface area contributed by atoms with Crippen molar-refractivity contribution in [3.05, 3.63) is 16.3 Å². The number of hydrogen-bond donors (Lipinski definition) is 2. The Balaban J connectivity index is 1.96. The molecule has 1 saturated carbocycles. The molecule has 2 unspecified atom stereocenters. The second kappa shape index (κ2) is 5.51. The molecule has 0 radical (unpaired) electrons. The lowest BCUT2D eigenvalue weighted by atomic mass is 9.91. The lowest BCUT2D eigenvalue weighted by Crippen LogP contribution is -2.49. The van der Waals surface area contributed by atoms with E-state index in [2.05, 4.69) is 5.32 Å². The Bertz CT molecular complexity index is 392. The third-order valence-electron chi connectivity index (χ3n) is 3.17. The zero-order valence-electron chi connectivity index (χ0n) is 9.94. The molecule has 1 aliphatic carbocycles. The van der Waals surface area contributed by atoms with E-state index in [1.165, 1.54) is 17.8 Å². The SMILES string of the molecule is COc1csc(C(=O)NC2CCCCC2N)c1. The molecule has 3 N–H and O–H groups in total. The summed E-state index contributed by atoms with van der Waals surface area (Å²) in [7, 11) is 1.60. The summed E-state index contributed by atoms with van der Waals surface area (Å²) in [4.78, 5) is 12.7. The number of amides is 1. The molecule has 1 aliphatic rings. The van der Waals surface area contributed by atoms with Gasteiger partial charge in [0.15, 0.2) is 0 Å². The maximum Gasteiger partial charge on any atom is 0.261 e. The highest BCUT2D eigenvalue weighted by atomic mass is 32.1. The summed E-state index contributed by atoms with van der Waals surface area (Å²) in [5, 5.41) is 4.84.